The van der Waals surface area contributed by atoms with Crippen molar-refractivity contribution in [2.24, 2.45) is 0 Å². The van der Waals surface area contributed by atoms with Crippen LogP contribution < -0.4 is 9.47 Å². The number of hydrogen-bond donors (Lipinski definition) is 0. The number of fused-ring (bicyclic) bond motifs is 1. The third kappa shape index (κ3) is 4.64. The van der Waals surface area contributed by atoms with Crippen molar-refractivity contribution >= 4 is 28.5 Å². The summed E-state index contributed by atoms with van der Waals surface area (Å²) < 4.78 is 26.6. The number of carbonyl (C=O) groups is 1. The van der Waals surface area contributed by atoms with Gasteiger partial charge in [-0.1, -0.05) is 35.0 Å². The predicted molar refractivity (Wildman–Crippen MR) is 112 cm³/mol. The molecule has 4 rings (SSSR count). The minimum absolute atomic E-state index is 0.0622. The van der Waals surface area contributed by atoms with E-state index in [4.69, 9.17) is 34.8 Å². The molecule has 9 heteroatoms. The van der Waals surface area contributed by atoms with Gasteiger partial charge in [-0.2, -0.15) is 4.98 Å². The van der Waals surface area contributed by atoms with E-state index in [0.717, 1.165) is 11.0 Å². The molecule has 0 unspecified atom stereocenters. The molecule has 0 N–H and O–H groups in total. The van der Waals surface area contributed by atoms with E-state index < -0.39 is 5.97 Å². The van der Waals surface area contributed by atoms with E-state index in [1.54, 1.807) is 12.1 Å². The summed E-state index contributed by atoms with van der Waals surface area (Å²) in [5.41, 5.74) is 1.35. The number of furan rings is 1. The van der Waals surface area contributed by atoms with Gasteiger partial charge >= 0.3 is 5.97 Å². The van der Waals surface area contributed by atoms with Gasteiger partial charge in [0.05, 0.1) is 25.7 Å². The van der Waals surface area contributed by atoms with Crippen LogP contribution in [0, 0.1) is 0 Å². The normalized spacial score (nSPS) is 10.9. The molecule has 2 aromatic carbocycles. The lowest BCUT2D eigenvalue weighted by Crippen LogP contribution is -2.05. The molecule has 0 saturated heterocycles. The first kappa shape index (κ1) is 20.7. The van der Waals surface area contributed by atoms with Gasteiger partial charge in [0.25, 0.3) is 0 Å². The van der Waals surface area contributed by atoms with Crippen molar-refractivity contribution in [3.8, 4) is 22.9 Å². The highest BCUT2D eigenvalue weighted by molar-refractivity contribution is 6.32. The first-order valence-electron chi connectivity index (χ1n) is 9.45. The van der Waals surface area contributed by atoms with Crippen LogP contribution in [0.5, 0.6) is 11.5 Å². The highest BCUT2D eigenvalue weighted by Gasteiger charge is 2.17. The zero-order valence-corrected chi connectivity index (χ0v) is 17.6. The van der Waals surface area contributed by atoms with E-state index in [0.29, 0.717) is 39.6 Å². The molecule has 4 aromatic rings. The number of nitrogens with zero attached hydrogens (tertiary/aromatic N) is 2. The number of benzene rings is 2. The molecular formula is C22H19ClN2O6. The summed E-state index contributed by atoms with van der Waals surface area (Å²) in [6.45, 7) is 0.0622. The number of halogens is 1. The number of aryl methyl sites for hydroxylation is 1. The van der Waals surface area contributed by atoms with Gasteiger partial charge in [0.15, 0.2) is 11.5 Å². The Labute approximate surface area is 182 Å². The van der Waals surface area contributed by atoms with Crippen LogP contribution in [0.2, 0.25) is 5.02 Å². The van der Waals surface area contributed by atoms with Crippen molar-refractivity contribution in [3.05, 3.63) is 59.1 Å². The van der Waals surface area contributed by atoms with Crippen LogP contribution in [-0.2, 0) is 22.6 Å². The molecule has 2 heterocycles. The fourth-order valence-electron chi connectivity index (χ4n) is 3.06. The molecule has 0 atom stereocenters. The molecule has 0 radical (unpaired) electrons. The van der Waals surface area contributed by atoms with Crippen molar-refractivity contribution < 1.29 is 27.9 Å². The van der Waals surface area contributed by atoms with E-state index in [1.807, 2.05) is 30.3 Å². The Morgan fingerprint density at radius 2 is 1.97 bits per heavy atom. The Kier molecular flexibility index (Phi) is 6.08. The lowest BCUT2D eigenvalue weighted by Gasteiger charge is -2.10. The second kappa shape index (κ2) is 9.09. The number of hydrogen-bond acceptors (Lipinski definition) is 8. The van der Waals surface area contributed by atoms with Gasteiger partial charge in [0, 0.05) is 17.4 Å². The van der Waals surface area contributed by atoms with Gasteiger partial charge in [-0.25, -0.2) is 0 Å². The highest BCUT2D eigenvalue weighted by Crippen LogP contribution is 2.38. The average molecular weight is 443 g/mol. The van der Waals surface area contributed by atoms with E-state index in [2.05, 4.69) is 10.1 Å². The smallest absolute Gasteiger partial charge is 0.306 e. The molecular weight excluding hydrogens is 424 g/mol. The second-order valence-corrected chi connectivity index (χ2v) is 7.02. The largest absolute Gasteiger partial charge is 0.493 e. The van der Waals surface area contributed by atoms with Crippen LogP contribution in [0.25, 0.3) is 22.4 Å². The summed E-state index contributed by atoms with van der Waals surface area (Å²) >= 11 is 6.22. The molecule has 0 aliphatic rings. The first-order valence-corrected chi connectivity index (χ1v) is 9.82. The van der Waals surface area contributed by atoms with E-state index in [1.165, 1.54) is 14.2 Å². The molecule has 0 aliphatic heterocycles. The number of esters is 1. The van der Waals surface area contributed by atoms with Gasteiger partial charge in [-0.15, -0.1) is 0 Å². The van der Waals surface area contributed by atoms with E-state index in [9.17, 15) is 4.79 Å². The Balaban J connectivity index is 1.34. The number of aromatic nitrogens is 2. The fraction of sp³-hybridized carbons (Fsp3) is 0.227. The van der Waals surface area contributed by atoms with Crippen LogP contribution in [0.1, 0.15) is 18.1 Å². The monoisotopic (exact) mass is 442 g/mol. The van der Waals surface area contributed by atoms with Gasteiger partial charge in [0.2, 0.25) is 11.7 Å². The highest BCUT2D eigenvalue weighted by atomic mass is 35.5. The molecule has 2 aromatic heterocycles. The van der Waals surface area contributed by atoms with Gasteiger partial charge in [0.1, 0.15) is 18.0 Å². The van der Waals surface area contributed by atoms with Crippen molar-refractivity contribution in [2.45, 2.75) is 19.4 Å². The third-order valence-corrected chi connectivity index (χ3v) is 4.84. The number of methoxy groups -OCH3 is 2. The minimum Gasteiger partial charge on any atom is -0.493 e. The Hall–Kier alpha value is -3.52. The Bertz CT molecular complexity index is 1180. The topological polar surface area (TPSA) is 96.8 Å². The summed E-state index contributed by atoms with van der Waals surface area (Å²) in [4.78, 5) is 16.4. The van der Waals surface area contributed by atoms with Gasteiger partial charge in [-0.3, -0.25) is 4.79 Å². The predicted octanol–water partition coefficient (Wildman–Crippen LogP) is 4.83. The molecule has 0 spiro atoms. The first-order chi connectivity index (χ1) is 15.1. The lowest BCUT2D eigenvalue weighted by atomic mass is 10.2. The third-order valence-electron chi connectivity index (χ3n) is 4.55. The lowest BCUT2D eigenvalue weighted by molar-refractivity contribution is -0.145. The van der Waals surface area contributed by atoms with Crippen LogP contribution in [0.3, 0.4) is 0 Å². The summed E-state index contributed by atoms with van der Waals surface area (Å²) in [6, 6.07) is 12.8. The van der Waals surface area contributed by atoms with Crippen LogP contribution in [0.15, 0.2) is 51.4 Å². The SMILES string of the molecule is COc1cc(-c2noc(CCC(=O)OCc3cc4ccccc4o3)n2)cc(Cl)c1OC. The quantitative estimate of drug-likeness (QED) is 0.358. The Morgan fingerprint density at radius 3 is 2.74 bits per heavy atom. The standard InChI is InChI=1S/C22H19ClN2O6/c1-27-18-11-14(10-16(23)21(18)28-2)22-24-19(31-25-22)7-8-20(26)29-12-15-9-13-5-3-4-6-17(13)30-15/h3-6,9-11H,7-8,12H2,1-2H3. The maximum atomic E-state index is 12.1. The van der Waals surface area contributed by atoms with Crippen molar-refractivity contribution in [2.75, 3.05) is 14.2 Å². The molecule has 0 amide bonds. The maximum Gasteiger partial charge on any atom is 0.306 e. The zero-order valence-electron chi connectivity index (χ0n) is 16.9. The molecule has 8 nitrogen and oxygen atoms in total. The molecule has 0 saturated carbocycles. The van der Waals surface area contributed by atoms with E-state index in [-0.39, 0.29) is 19.4 Å². The van der Waals surface area contributed by atoms with Crippen molar-refractivity contribution in [1.29, 1.82) is 0 Å². The molecule has 160 valence electrons. The fourth-order valence-corrected chi connectivity index (χ4v) is 3.35. The van der Waals surface area contributed by atoms with Crippen molar-refractivity contribution in [1.82, 2.24) is 10.1 Å². The number of ether oxygens (including phenoxy) is 3. The molecule has 0 fully saturated rings. The van der Waals surface area contributed by atoms with E-state index >= 15 is 0 Å². The average Bonchev–Trinajstić information content (AvgIpc) is 3.42. The van der Waals surface area contributed by atoms with Crippen molar-refractivity contribution in [3.63, 3.8) is 0 Å². The minimum atomic E-state index is -0.394. The summed E-state index contributed by atoms with van der Waals surface area (Å²) in [7, 11) is 3.01. The number of para-hydroxylation sites is 1. The number of rotatable bonds is 8. The summed E-state index contributed by atoms with van der Waals surface area (Å²) in [6.07, 6.45) is 0.335. The van der Waals surface area contributed by atoms with Crippen LogP contribution in [0.4, 0.5) is 0 Å². The number of carbonyl (C=O) groups excluding carboxylic acids is 1. The van der Waals surface area contributed by atoms with Crippen LogP contribution in [-0.4, -0.2) is 30.3 Å². The van der Waals surface area contributed by atoms with Gasteiger partial charge in [-0.05, 0) is 24.3 Å². The maximum absolute atomic E-state index is 12.1. The second-order valence-electron chi connectivity index (χ2n) is 6.62. The molecule has 31 heavy (non-hydrogen) atoms. The molecule has 0 aliphatic carbocycles. The van der Waals surface area contributed by atoms with Crippen LogP contribution >= 0.6 is 11.6 Å². The molecule has 0 bridgehead atoms. The zero-order chi connectivity index (χ0) is 21.8. The Morgan fingerprint density at radius 1 is 1.13 bits per heavy atom. The summed E-state index contributed by atoms with van der Waals surface area (Å²) in [5, 5.41) is 5.27. The van der Waals surface area contributed by atoms with Gasteiger partial charge < -0.3 is 23.2 Å². The summed E-state index contributed by atoms with van der Waals surface area (Å²) in [5.74, 6) is 1.69.